The molecule has 0 heterocycles. The van der Waals surface area contributed by atoms with Crippen molar-refractivity contribution in [2.24, 2.45) is 0 Å². The minimum atomic E-state index is 0.778. The molecule has 0 aromatic heterocycles. The minimum Gasteiger partial charge on any atom is -0.305 e. The average Bonchev–Trinajstić information content (AvgIpc) is 2.85. The van der Waals surface area contributed by atoms with Crippen molar-refractivity contribution in [3.05, 3.63) is 0 Å². The highest BCUT2D eigenvalue weighted by Crippen LogP contribution is 2.27. The monoisotopic (exact) mass is 479 g/mol. The van der Waals surface area contributed by atoms with E-state index in [4.69, 9.17) is 0 Å². The van der Waals surface area contributed by atoms with E-state index in [2.05, 4.69) is 37.7 Å². The van der Waals surface area contributed by atoms with Crippen LogP contribution in [0.1, 0.15) is 168 Å². The van der Waals surface area contributed by atoms with E-state index in [0.29, 0.717) is 0 Å². The lowest BCUT2D eigenvalue weighted by atomic mass is 9.88. The third kappa shape index (κ3) is 16.6. The van der Waals surface area contributed by atoms with Crippen LogP contribution in [0, 0.1) is 0 Å². The SMILES string of the molecule is CCCCCCCCCCCCN(CCCCCCCCCCCC)C1CCCCC1N(C)C. The molecule has 1 saturated carbocycles. The van der Waals surface area contributed by atoms with Crippen LogP contribution in [0.4, 0.5) is 0 Å². The summed E-state index contributed by atoms with van der Waals surface area (Å²) in [5.41, 5.74) is 0. The van der Waals surface area contributed by atoms with Gasteiger partial charge in [0.15, 0.2) is 0 Å². The Hall–Kier alpha value is -0.0800. The van der Waals surface area contributed by atoms with Crippen molar-refractivity contribution in [3.63, 3.8) is 0 Å². The second kappa shape index (κ2) is 23.3. The first-order valence-electron chi connectivity index (χ1n) is 16.1. The number of likely N-dealkylation sites (N-methyl/N-ethyl adjacent to an activating group) is 1. The molecule has 0 aliphatic heterocycles. The maximum atomic E-state index is 2.94. The summed E-state index contributed by atoms with van der Waals surface area (Å²) in [4.78, 5) is 5.48. The van der Waals surface area contributed by atoms with Crippen LogP contribution in [0.3, 0.4) is 0 Å². The van der Waals surface area contributed by atoms with Gasteiger partial charge in [0.1, 0.15) is 0 Å². The van der Waals surface area contributed by atoms with Gasteiger partial charge in [0.2, 0.25) is 0 Å². The van der Waals surface area contributed by atoms with Crippen LogP contribution in [0.5, 0.6) is 0 Å². The molecule has 2 nitrogen and oxygen atoms in total. The molecule has 2 atom stereocenters. The first kappa shape index (κ1) is 31.9. The molecule has 1 aliphatic rings. The van der Waals surface area contributed by atoms with Crippen molar-refractivity contribution in [2.75, 3.05) is 27.2 Å². The van der Waals surface area contributed by atoms with Crippen LogP contribution in [0.15, 0.2) is 0 Å². The Morgan fingerprint density at radius 2 is 0.765 bits per heavy atom. The van der Waals surface area contributed by atoms with Gasteiger partial charge >= 0.3 is 0 Å². The molecule has 0 bridgehead atoms. The highest BCUT2D eigenvalue weighted by atomic mass is 15.2. The van der Waals surface area contributed by atoms with Crippen molar-refractivity contribution in [2.45, 2.75) is 180 Å². The lowest BCUT2D eigenvalue weighted by Crippen LogP contribution is -2.51. The highest BCUT2D eigenvalue weighted by Gasteiger charge is 2.30. The number of hydrogen-bond acceptors (Lipinski definition) is 2. The molecular formula is C32H66N2. The largest absolute Gasteiger partial charge is 0.305 e. The zero-order valence-corrected chi connectivity index (χ0v) is 24.4. The maximum absolute atomic E-state index is 2.94. The van der Waals surface area contributed by atoms with Gasteiger partial charge < -0.3 is 4.90 Å². The molecule has 1 fully saturated rings. The molecule has 0 aromatic carbocycles. The smallest absolute Gasteiger partial charge is 0.0251 e. The lowest BCUT2D eigenvalue weighted by Gasteiger charge is -2.43. The van der Waals surface area contributed by atoms with Gasteiger partial charge in [0.25, 0.3) is 0 Å². The number of unbranched alkanes of at least 4 members (excludes halogenated alkanes) is 18. The maximum Gasteiger partial charge on any atom is 0.0251 e. The summed E-state index contributed by atoms with van der Waals surface area (Å²) in [6.07, 6.45) is 34.6. The average molecular weight is 479 g/mol. The summed E-state index contributed by atoms with van der Waals surface area (Å²) < 4.78 is 0. The van der Waals surface area contributed by atoms with Crippen LogP contribution in [-0.2, 0) is 0 Å². The van der Waals surface area contributed by atoms with E-state index < -0.39 is 0 Å². The van der Waals surface area contributed by atoms with Gasteiger partial charge in [-0.25, -0.2) is 0 Å². The van der Waals surface area contributed by atoms with Crippen molar-refractivity contribution >= 4 is 0 Å². The summed E-state index contributed by atoms with van der Waals surface area (Å²) in [7, 11) is 4.64. The van der Waals surface area contributed by atoms with Crippen LogP contribution < -0.4 is 0 Å². The molecule has 0 spiro atoms. The van der Waals surface area contributed by atoms with E-state index in [-0.39, 0.29) is 0 Å². The van der Waals surface area contributed by atoms with Crippen LogP contribution in [0.2, 0.25) is 0 Å². The van der Waals surface area contributed by atoms with E-state index in [9.17, 15) is 0 Å². The molecule has 204 valence electrons. The molecule has 1 aliphatic carbocycles. The van der Waals surface area contributed by atoms with Gasteiger partial charge in [-0.15, -0.1) is 0 Å². The number of nitrogens with zero attached hydrogens (tertiary/aromatic N) is 2. The molecule has 0 amide bonds. The van der Waals surface area contributed by atoms with Crippen LogP contribution in [0.25, 0.3) is 0 Å². The van der Waals surface area contributed by atoms with Gasteiger partial charge in [-0.05, 0) is 52.9 Å². The first-order valence-corrected chi connectivity index (χ1v) is 16.1. The topological polar surface area (TPSA) is 6.48 Å². The minimum absolute atomic E-state index is 0.778. The summed E-state index contributed by atoms with van der Waals surface area (Å²) in [6, 6.07) is 1.58. The Balaban J connectivity index is 2.26. The lowest BCUT2D eigenvalue weighted by molar-refractivity contribution is 0.0706. The third-order valence-electron chi connectivity index (χ3n) is 8.42. The summed E-state index contributed by atoms with van der Waals surface area (Å²) in [6.45, 7) is 7.33. The second-order valence-corrected chi connectivity index (χ2v) is 11.8. The van der Waals surface area contributed by atoms with Crippen molar-refractivity contribution in [3.8, 4) is 0 Å². The van der Waals surface area contributed by atoms with E-state index in [1.54, 1.807) is 0 Å². The molecular weight excluding hydrogens is 412 g/mol. The van der Waals surface area contributed by atoms with Crippen LogP contribution >= 0.6 is 0 Å². The number of rotatable bonds is 24. The molecule has 2 unspecified atom stereocenters. The Morgan fingerprint density at radius 3 is 1.12 bits per heavy atom. The van der Waals surface area contributed by atoms with E-state index in [1.165, 1.54) is 167 Å². The zero-order chi connectivity index (χ0) is 24.7. The Kier molecular flexibility index (Phi) is 21.9. The standard InChI is InChI=1S/C32H66N2/c1-5-7-9-11-13-15-17-19-21-25-29-34(32-28-24-23-27-31(32)33(3)4)30-26-22-20-18-16-14-12-10-8-6-2/h31-32H,5-30H2,1-4H3. The van der Waals surface area contributed by atoms with Crippen molar-refractivity contribution < 1.29 is 0 Å². The molecule has 0 saturated heterocycles. The Morgan fingerprint density at radius 1 is 0.441 bits per heavy atom. The fraction of sp³-hybridized carbons (Fsp3) is 1.00. The zero-order valence-electron chi connectivity index (χ0n) is 24.4. The van der Waals surface area contributed by atoms with Gasteiger partial charge in [0.05, 0.1) is 0 Å². The summed E-state index contributed by atoms with van der Waals surface area (Å²) in [5, 5.41) is 0. The van der Waals surface area contributed by atoms with Crippen LogP contribution in [-0.4, -0.2) is 49.1 Å². The fourth-order valence-corrected chi connectivity index (χ4v) is 6.17. The molecule has 34 heavy (non-hydrogen) atoms. The van der Waals surface area contributed by atoms with Gasteiger partial charge in [-0.2, -0.15) is 0 Å². The van der Waals surface area contributed by atoms with E-state index in [0.717, 1.165) is 12.1 Å². The van der Waals surface area contributed by atoms with E-state index >= 15 is 0 Å². The molecule has 2 heteroatoms. The molecule has 0 N–H and O–H groups in total. The summed E-state index contributed by atoms with van der Waals surface area (Å²) >= 11 is 0. The highest BCUT2D eigenvalue weighted by molar-refractivity contribution is 4.88. The molecule has 0 aromatic rings. The van der Waals surface area contributed by atoms with Crippen molar-refractivity contribution in [1.29, 1.82) is 0 Å². The fourth-order valence-electron chi connectivity index (χ4n) is 6.17. The predicted octanol–water partition coefficient (Wildman–Crippen LogP) is 10.0. The molecule has 0 radical (unpaired) electrons. The Bertz CT molecular complexity index is 384. The summed E-state index contributed by atoms with van der Waals surface area (Å²) in [5.74, 6) is 0. The van der Waals surface area contributed by atoms with Gasteiger partial charge in [-0.1, -0.05) is 142 Å². The second-order valence-electron chi connectivity index (χ2n) is 11.8. The predicted molar refractivity (Wildman–Crippen MR) is 155 cm³/mol. The van der Waals surface area contributed by atoms with E-state index in [1.807, 2.05) is 0 Å². The Labute approximate surface area is 217 Å². The third-order valence-corrected chi connectivity index (χ3v) is 8.42. The first-order chi connectivity index (χ1) is 16.7. The normalized spacial score (nSPS) is 18.9. The van der Waals surface area contributed by atoms with Crippen molar-refractivity contribution in [1.82, 2.24) is 9.80 Å². The van der Waals surface area contributed by atoms with Gasteiger partial charge in [-0.3, -0.25) is 4.90 Å². The molecule has 1 rings (SSSR count). The van der Waals surface area contributed by atoms with Gasteiger partial charge in [0, 0.05) is 12.1 Å². The number of hydrogen-bond donors (Lipinski definition) is 0. The quantitative estimate of drug-likeness (QED) is 0.127.